The van der Waals surface area contributed by atoms with E-state index in [2.05, 4.69) is 16.9 Å². The highest BCUT2D eigenvalue weighted by Gasteiger charge is 2.25. The minimum Gasteiger partial charge on any atom is -0.335 e. The summed E-state index contributed by atoms with van der Waals surface area (Å²) in [5, 5.41) is 5.26. The van der Waals surface area contributed by atoms with Crippen LogP contribution in [0.2, 0.25) is 5.02 Å². The molecule has 0 aliphatic carbocycles. The molecule has 0 bridgehead atoms. The smallest absolute Gasteiger partial charge is 0.272 e. The van der Waals surface area contributed by atoms with Gasteiger partial charge in [-0.25, -0.2) is 9.07 Å². The Bertz CT molecular complexity index is 993. The Hall–Kier alpha value is -2.70. The van der Waals surface area contributed by atoms with Gasteiger partial charge in [-0.2, -0.15) is 5.10 Å². The molecular formula is C22H22ClFN4O. The summed E-state index contributed by atoms with van der Waals surface area (Å²) >= 11 is 6.02. The zero-order valence-electron chi connectivity index (χ0n) is 16.2. The Morgan fingerprint density at radius 1 is 1.03 bits per heavy atom. The van der Waals surface area contributed by atoms with Crippen molar-refractivity contribution >= 4 is 17.5 Å². The number of rotatable bonds is 4. The Labute approximate surface area is 174 Å². The number of benzene rings is 2. The number of aromatic nitrogens is 2. The molecule has 2 aromatic carbocycles. The molecule has 0 spiro atoms. The molecule has 1 aliphatic rings. The second-order valence-electron chi connectivity index (χ2n) is 7.04. The highest BCUT2D eigenvalue weighted by Crippen LogP contribution is 2.24. The monoisotopic (exact) mass is 412 g/mol. The third-order valence-electron chi connectivity index (χ3n) is 5.25. The minimum atomic E-state index is -0.309. The SMILES string of the molecule is CCN1CCN(C(=O)c2cc(-c3ccc(F)cc3)nn2-c2ccc(Cl)cc2)CC1. The topological polar surface area (TPSA) is 41.4 Å². The van der Waals surface area contributed by atoms with Crippen molar-refractivity contribution in [1.29, 1.82) is 0 Å². The van der Waals surface area contributed by atoms with Crippen LogP contribution in [0.3, 0.4) is 0 Å². The summed E-state index contributed by atoms with van der Waals surface area (Å²) < 4.78 is 15.0. The Balaban J connectivity index is 1.71. The number of likely N-dealkylation sites (N-methyl/N-ethyl adjacent to an activating group) is 1. The molecule has 150 valence electrons. The lowest BCUT2D eigenvalue weighted by Gasteiger charge is -2.34. The fourth-order valence-electron chi connectivity index (χ4n) is 3.50. The molecule has 1 aromatic heterocycles. The van der Waals surface area contributed by atoms with Gasteiger partial charge in [0.1, 0.15) is 11.5 Å². The first-order valence-corrected chi connectivity index (χ1v) is 10.1. The van der Waals surface area contributed by atoms with Gasteiger partial charge in [-0.3, -0.25) is 4.79 Å². The van der Waals surface area contributed by atoms with Crippen molar-refractivity contribution in [2.75, 3.05) is 32.7 Å². The second kappa shape index (κ2) is 8.35. The summed E-state index contributed by atoms with van der Waals surface area (Å²) in [6, 6.07) is 15.1. The number of nitrogens with zero attached hydrogens (tertiary/aromatic N) is 4. The van der Waals surface area contributed by atoms with Gasteiger partial charge < -0.3 is 9.80 Å². The number of hydrogen-bond donors (Lipinski definition) is 0. The molecule has 0 saturated carbocycles. The lowest BCUT2D eigenvalue weighted by atomic mass is 10.1. The summed E-state index contributed by atoms with van der Waals surface area (Å²) in [6.45, 7) is 6.21. The van der Waals surface area contributed by atoms with E-state index in [4.69, 9.17) is 11.6 Å². The van der Waals surface area contributed by atoms with Crippen molar-refractivity contribution in [3.63, 3.8) is 0 Å². The van der Waals surface area contributed by atoms with Gasteiger partial charge in [-0.05, 0) is 61.1 Å². The molecule has 0 atom stereocenters. The first-order valence-electron chi connectivity index (χ1n) is 9.68. The van der Waals surface area contributed by atoms with Crippen LogP contribution in [0.25, 0.3) is 16.9 Å². The summed E-state index contributed by atoms with van der Waals surface area (Å²) in [7, 11) is 0. The second-order valence-corrected chi connectivity index (χ2v) is 7.47. The quantitative estimate of drug-likeness (QED) is 0.647. The van der Waals surface area contributed by atoms with Gasteiger partial charge in [-0.15, -0.1) is 0 Å². The van der Waals surface area contributed by atoms with Gasteiger partial charge in [-0.1, -0.05) is 18.5 Å². The zero-order valence-corrected chi connectivity index (χ0v) is 16.9. The molecule has 1 fully saturated rings. The standard InChI is InChI=1S/C22H22ClFN4O/c1-2-26-11-13-27(14-12-26)22(29)21-15-20(16-3-7-18(24)8-4-16)25-28(21)19-9-5-17(23)6-10-19/h3-10,15H,2,11-14H2,1H3. The normalized spacial score (nSPS) is 14.9. The van der Waals surface area contributed by atoms with Gasteiger partial charge in [0, 0.05) is 36.8 Å². The van der Waals surface area contributed by atoms with Gasteiger partial charge in [0.2, 0.25) is 0 Å². The van der Waals surface area contributed by atoms with E-state index >= 15 is 0 Å². The average Bonchev–Trinajstić information content (AvgIpc) is 3.19. The Kier molecular flexibility index (Phi) is 5.65. The highest BCUT2D eigenvalue weighted by atomic mass is 35.5. The number of hydrogen-bond acceptors (Lipinski definition) is 3. The number of carbonyl (C=O) groups excluding carboxylic acids is 1. The van der Waals surface area contributed by atoms with E-state index in [1.54, 1.807) is 35.0 Å². The largest absolute Gasteiger partial charge is 0.335 e. The average molecular weight is 413 g/mol. The lowest BCUT2D eigenvalue weighted by Crippen LogP contribution is -2.48. The molecule has 1 saturated heterocycles. The fourth-order valence-corrected chi connectivity index (χ4v) is 3.63. The molecule has 0 radical (unpaired) electrons. The maximum absolute atomic E-state index is 13.3. The number of halogens is 2. The van der Waals surface area contributed by atoms with E-state index in [-0.39, 0.29) is 11.7 Å². The number of piperazine rings is 1. The molecule has 29 heavy (non-hydrogen) atoms. The fraction of sp³-hybridized carbons (Fsp3) is 0.273. The number of amides is 1. The predicted octanol–water partition coefficient (Wildman–Crippen LogP) is 4.11. The van der Waals surface area contributed by atoms with E-state index in [1.807, 2.05) is 17.0 Å². The highest BCUT2D eigenvalue weighted by molar-refractivity contribution is 6.30. The first-order chi connectivity index (χ1) is 14.0. The van der Waals surface area contributed by atoms with Crippen LogP contribution in [0.5, 0.6) is 0 Å². The van der Waals surface area contributed by atoms with Gasteiger partial charge in [0.05, 0.1) is 11.4 Å². The summed E-state index contributed by atoms with van der Waals surface area (Å²) in [6.07, 6.45) is 0. The minimum absolute atomic E-state index is 0.0587. The molecule has 5 nitrogen and oxygen atoms in total. The molecule has 1 aliphatic heterocycles. The van der Waals surface area contributed by atoms with Crippen molar-refractivity contribution in [2.24, 2.45) is 0 Å². The molecule has 3 aromatic rings. The van der Waals surface area contributed by atoms with Crippen LogP contribution in [0, 0.1) is 5.82 Å². The summed E-state index contributed by atoms with van der Waals surface area (Å²) in [4.78, 5) is 17.5. The van der Waals surface area contributed by atoms with Crippen LogP contribution in [0.4, 0.5) is 4.39 Å². The van der Waals surface area contributed by atoms with Gasteiger partial charge in [0.25, 0.3) is 5.91 Å². The predicted molar refractivity (Wildman–Crippen MR) is 112 cm³/mol. The maximum atomic E-state index is 13.3. The van der Waals surface area contributed by atoms with Crippen LogP contribution in [-0.4, -0.2) is 58.2 Å². The lowest BCUT2D eigenvalue weighted by molar-refractivity contribution is 0.0634. The van der Waals surface area contributed by atoms with Crippen molar-refractivity contribution < 1.29 is 9.18 Å². The molecule has 4 rings (SSSR count). The molecule has 0 N–H and O–H groups in total. The molecule has 1 amide bonds. The third kappa shape index (κ3) is 4.18. The molecule has 0 unspecified atom stereocenters. The van der Waals surface area contributed by atoms with E-state index < -0.39 is 0 Å². The Morgan fingerprint density at radius 3 is 2.31 bits per heavy atom. The van der Waals surface area contributed by atoms with Crippen LogP contribution >= 0.6 is 11.6 Å². The van der Waals surface area contributed by atoms with Crippen LogP contribution in [0.1, 0.15) is 17.4 Å². The maximum Gasteiger partial charge on any atom is 0.272 e. The first kappa shape index (κ1) is 19.6. The molecular weight excluding hydrogens is 391 g/mol. The van der Waals surface area contributed by atoms with E-state index in [9.17, 15) is 9.18 Å². The van der Waals surface area contributed by atoms with Crippen molar-refractivity contribution in [2.45, 2.75) is 6.92 Å². The van der Waals surface area contributed by atoms with E-state index in [1.165, 1.54) is 12.1 Å². The molecule has 2 heterocycles. The van der Waals surface area contributed by atoms with Crippen LogP contribution in [-0.2, 0) is 0 Å². The van der Waals surface area contributed by atoms with Crippen molar-refractivity contribution in [1.82, 2.24) is 19.6 Å². The third-order valence-corrected chi connectivity index (χ3v) is 5.50. The van der Waals surface area contributed by atoms with Crippen molar-refractivity contribution in [3.05, 3.63) is 71.1 Å². The van der Waals surface area contributed by atoms with Gasteiger partial charge >= 0.3 is 0 Å². The summed E-state index contributed by atoms with van der Waals surface area (Å²) in [5.74, 6) is -0.368. The van der Waals surface area contributed by atoms with Gasteiger partial charge in [0.15, 0.2) is 0 Å². The summed E-state index contributed by atoms with van der Waals surface area (Å²) in [5.41, 5.74) is 2.61. The van der Waals surface area contributed by atoms with Crippen LogP contribution in [0.15, 0.2) is 54.6 Å². The van der Waals surface area contributed by atoms with Crippen molar-refractivity contribution in [3.8, 4) is 16.9 Å². The van der Waals surface area contributed by atoms with Crippen LogP contribution < -0.4 is 0 Å². The Morgan fingerprint density at radius 2 is 1.69 bits per heavy atom. The molecule has 7 heteroatoms. The number of carbonyl (C=O) groups is 1. The van der Waals surface area contributed by atoms with E-state index in [0.717, 1.165) is 30.9 Å². The zero-order chi connectivity index (χ0) is 20.4. The van der Waals surface area contributed by atoms with E-state index in [0.29, 0.717) is 29.5 Å².